The number of hydrogen-bond donors (Lipinski definition) is 8. The number of carboxylic acid groups (broad SMARTS) is 2. The molecular formula is C15H24N6O9. The van der Waals surface area contributed by atoms with Crippen molar-refractivity contribution in [2.24, 2.45) is 17.2 Å². The Kier molecular flexibility index (Phi) is 10.5. The third kappa shape index (κ3) is 9.98. The average Bonchev–Trinajstić information content (AvgIpc) is 2.58. The molecule has 0 bridgehead atoms. The number of nitrogens with two attached hydrogens (primary N) is 3. The molecule has 4 atom stereocenters. The Morgan fingerprint density at radius 2 is 1.17 bits per heavy atom. The van der Waals surface area contributed by atoms with Gasteiger partial charge in [-0.1, -0.05) is 0 Å². The number of carbonyl (C=O) groups excluding carboxylic acids is 5. The standard InChI is InChI=1S/C15H24N6O9/c1-5(15(29)30)19-13(27)7(3-10(18)23)21-14(28)8(4-11(24)25)20-12(26)6(16)2-9(17)22/h5-8H,2-4,16H2,1H3,(H2,17,22)(H2,18,23)(H,19,27)(H,20,26)(H,21,28)(H,24,25)(H,29,30). The lowest BCUT2D eigenvalue weighted by atomic mass is 10.1. The summed E-state index contributed by atoms with van der Waals surface area (Å²) in [6.45, 7) is 1.12. The van der Waals surface area contributed by atoms with Crippen molar-refractivity contribution in [3.8, 4) is 0 Å². The van der Waals surface area contributed by atoms with Crippen LogP contribution in [0.25, 0.3) is 0 Å². The third-order valence-electron chi connectivity index (χ3n) is 3.54. The first-order valence-electron chi connectivity index (χ1n) is 8.42. The van der Waals surface area contributed by atoms with E-state index in [1.54, 1.807) is 0 Å². The van der Waals surface area contributed by atoms with E-state index in [4.69, 9.17) is 27.4 Å². The van der Waals surface area contributed by atoms with E-state index in [2.05, 4.69) is 0 Å². The van der Waals surface area contributed by atoms with Crippen molar-refractivity contribution in [1.29, 1.82) is 0 Å². The van der Waals surface area contributed by atoms with Gasteiger partial charge in [-0.05, 0) is 6.92 Å². The molecular weight excluding hydrogens is 408 g/mol. The van der Waals surface area contributed by atoms with Gasteiger partial charge in [0.2, 0.25) is 29.5 Å². The van der Waals surface area contributed by atoms with Gasteiger partial charge in [-0.15, -0.1) is 0 Å². The molecule has 0 aliphatic carbocycles. The molecule has 0 radical (unpaired) electrons. The van der Waals surface area contributed by atoms with Crippen molar-refractivity contribution in [1.82, 2.24) is 16.0 Å². The zero-order chi connectivity index (χ0) is 23.6. The Balaban J connectivity index is 5.41. The van der Waals surface area contributed by atoms with Crippen LogP contribution in [0, 0.1) is 0 Å². The summed E-state index contributed by atoms with van der Waals surface area (Å²) < 4.78 is 0. The molecule has 0 rings (SSSR count). The molecule has 4 unspecified atom stereocenters. The van der Waals surface area contributed by atoms with Crippen molar-refractivity contribution < 1.29 is 43.8 Å². The molecule has 0 fully saturated rings. The van der Waals surface area contributed by atoms with Gasteiger partial charge < -0.3 is 43.4 Å². The van der Waals surface area contributed by atoms with Crippen molar-refractivity contribution in [3.63, 3.8) is 0 Å². The molecule has 15 heteroatoms. The van der Waals surface area contributed by atoms with Gasteiger partial charge in [-0.25, -0.2) is 0 Å². The normalized spacial score (nSPS) is 14.3. The van der Waals surface area contributed by atoms with Gasteiger partial charge in [0.25, 0.3) is 0 Å². The predicted molar refractivity (Wildman–Crippen MR) is 97.0 cm³/mol. The molecule has 0 spiro atoms. The molecule has 11 N–H and O–H groups in total. The molecule has 168 valence electrons. The van der Waals surface area contributed by atoms with E-state index in [-0.39, 0.29) is 0 Å². The predicted octanol–water partition coefficient (Wildman–Crippen LogP) is -4.90. The second-order valence-electron chi connectivity index (χ2n) is 6.24. The molecule has 0 aromatic carbocycles. The fourth-order valence-corrected chi connectivity index (χ4v) is 2.03. The lowest BCUT2D eigenvalue weighted by Gasteiger charge is -2.23. The number of amides is 5. The van der Waals surface area contributed by atoms with Gasteiger partial charge in [-0.3, -0.25) is 33.6 Å². The van der Waals surface area contributed by atoms with Crippen molar-refractivity contribution >= 4 is 41.5 Å². The van der Waals surface area contributed by atoms with Crippen LogP contribution in [0.4, 0.5) is 0 Å². The van der Waals surface area contributed by atoms with E-state index in [0.29, 0.717) is 0 Å². The van der Waals surface area contributed by atoms with E-state index in [1.165, 1.54) is 0 Å². The Labute approximate surface area is 169 Å². The molecule has 0 aliphatic heterocycles. The van der Waals surface area contributed by atoms with Crippen molar-refractivity contribution in [2.75, 3.05) is 0 Å². The summed E-state index contributed by atoms with van der Waals surface area (Å²) in [5.41, 5.74) is 15.3. The monoisotopic (exact) mass is 432 g/mol. The Morgan fingerprint density at radius 3 is 1.60 bits per heavy atom. The Bertz CT molecular complexity index is 725. The Hall–Kier alpha value is -3.75. The Morgan fingerprint density at radius 1 is 0.733 bits per heavy atom. The fourth-order valence-electron chi connectivity index (χ4n) is 2.03. The van der Waals surface area contributed by atoms with E-state index in [1.807, 2.05) is 16.0 Å². The molecule has 0 aromatic heterocycles. The highest BCUT2D eigenvalue weighted by Gasteiger charge is 2.31. The van der Waals surface area contributed by atoms with Crippen LogP contribution in [0.3, 0.4) is 0 Å². The van der Waals surface area contributed by atoms with Crippen LogP contribution in [0.1, 0.15) is 26.2 Å². The van der Waals surface area contributed by atoms with Gasteiger partial charge in [0, 0.05) is 0 Å². The minimum Gasteiger partial charge on any atom is -0.481 e. The number of nitrogens with one attached hydrogen (secondary N) is 3. The first-order chi connectivity index (χ1) is 13.7. The molecule has 0 aliphatic rings. The quantitative estimate of drug-likeness (QED) is 0.137. The van der Waals surface area contributed by atoms with Gasteiger partial charge in [0.15, 0.2) is 0 Å². The van der Waals surface area contributed by atoms with Gasteiger partial charge in [0.05, 0.1) is 25.3 Å². The zero-order valence-corrected chi connectivity index (χ0v) is 15.9. The van der Waals surface area contributed by atoms with Crippen LogP contribution >= 0.6 is 0 Å². The summed E-state index contributed by atoms with van der Waals surface area (Å²) in [5.74, 6) is -8.18. The molecule has 15 nitrogen and oxygen atoms in total. The molecule has 5 amide bonds. The maximum atomic E-state index is 12.4. The highest BCUT2D eigenvalue weighted by molar-refractivity contribution is 5.97. The van der Waals surface area contributed by atoms with Crippen LogP contribution in [0.15, 0.2) is 0 Å². The topological polar surface area (TPSA) is 274 Å². The van der Waals surface area contributed by atoms with E-state index in [9.17, 15) is 33.6 Å². The minimum atomic E-state index is -1.74. The van der Waals surface area contributed by atoms with Gasteiger partial charge >= 0.3 is 11.9 Å². The van der Waals surface area contributed by atoms with E-state index in [0.717, 1.165) is 6.92 Å². The summed E-state index contributed by atoms with van der Waals surface area (Å²) in [4.78, 5) is 80.4. The molecule has 0 saturated heterocycles. The molecule has 0 aromatic rings. The van der Waals surface area contributed by atoms with Crippen LogP contribution in [0.2, 0.25) is 0 Å². The van der Waals surface area contributed by atoms with Gasteiger partial charge in [0.1, 0.15) is 18.1 Å². The smallest absolute Gasteiger partial charge is 0.325 e. The van der Waals surface area contributed by atoms with E-state index < -0.39 is 84.9 Å². The van der Waals surface area contributed by atoms with Crippen LogP contribution in [-0.2, 0) is 33.6 Å². The number of primary amides is 2. The number of rotatable bonds is 13. The largest absolute Gasteiger partial charge is 0.481 e. The second kappa shape index (κ2) is 11.9. The van der Waals surface area contributed by atoms with Crippen LogP contribution in [-0.4, -0.2) is 75.9 Å². The number of hydrogen-bond acceptors (Lipinski definition) is 8. The lowest BCUT2D eigenvalue weighted by molar-refractivity contribution is -0.143. The average molecular weight is 432 g/mol. The van der Waals surface area contributed by atoms with E-state index >= 15 is 0 Å². The minimum absolute atomic E-state index is 0.576. The number of carboxylic acids is 2. The SMILES string of the molecule is CC(NC(=O)C(CC(N)=O)NC(=O)C(CC(=O)O)NC(=O)C(N)CC(N)=O)C(=O)O. The summed E-state index contributed by atoms with van der Waals surface area (Å²) >= 11 is 0. The maximum Gasteiger partial charge on any atom is 0.325 e. The summed E-state index contributed by atoms with van der Waals surface area (Å²) in [6.07, 6.45) is -2.25. The highest BCUT2D eigenvalue weighted by atomic mass is 16.4. The van der Waals surface area contributed by atoms with Crippen LogP contribution in [0.5, 0.6) is 0 Å². The maximum absolute atomic E-state index is 12.4. The number of aliphatic carboxylic acids is 2. The highest BCUT2D eigenvalue weighted by Crippen LogP contribution is 2.00. The van der Waals surface area contributed by atoms with Crippen LogP contribution < -0.4 is 33.2 Å². The molecule has 30 heavy (non-hydrogen) atoms. The molecule has 0 heterocycles. The lowest BCUT2D eigenvalue weighted by Crippen LogP contribution is -2.58. The third-order valence-corrected chi connectivity index (χ3v) is 3.54. The summed E-state index contributed by atoms with van der Waals surface area (Å²) in [7, 11) is 0. The second-order valence-corrected chi connectivity index (χ2v) is 6.24. The first-order valence-corrected chi connectivity index (χ1v) is 8.42. The summed E-state index contributed by atoms with van der Waals surface area (Å²) in [5, 5.41) is 23.8. The summed E-state index contributed by atoms with van der Waals surface area (Å²) in [6, 6.07) is -6.22. The first kappa shape index (κ1) is 26.2. The zero-order valence-electron chi connectivity index (χ0n) is 15.9. The molecule has 0 saturated carbocycles. The van der Waals surface area contributed by atoms with Crippen molar-refractivity contribution in [2.45, 2.75) is 50.4 Å². The fraction of sp³-hybridized carbons (Fsp3) is 0.533. The van der Waals surface area contributed by atoms with Gasteiger partial charge in [-0.2, -0.15) is 0 Å². The number of carbonyl (C=O) groups is 7. The van der Waals surface area contributed by atoms with Crippen molar-refractivity contribution in [3.05, 3.63) is 0 Å².